The monoisotopic (exact) mass is 170 g/mol. The zero-order chi connectivity index (χ0) is 9.35. The van der Waals surface area contributed by atoms with Gasteiger partial charge in [0.15, 0.2) is 0 Å². The standard InChI is InChI=1S/C9H14O3/c1-4-12-8(11)7-6(5-10)9(7,2)3/h5-7H,4H2,1-3H3/t6-,7+/m0/s1. The van der Waals surface area contributed by atoms with E-state index in [0.29, 0.717) is 6.61 Å². The normalized spacial score (nSPS) is 30.9. The van der Waals surface area contributed by atoms with E-state index in [-0.39, 0.29) is 23.2 Å². The van der Waals surface area contributed by atoms with Crippen molar-refractivity contribution in [3.63, 3.8) is 0 Å². The van der Waals surface area contributed by atoms with Gasteiger partial charge < -0.3 is 9.53 Å². The Bertz CT molecular complexity index is 208. The van der Waals surface area contributed by atoms with Crippen LogP contribution in [0.5, 0.6) is 0 Å². The maximum Gasteiger partial charge on any atom is 0.310 e. The van der Waals surface area contributed by atoms with Gasteiger partial charge >= 0.3 is 5.97 Å². The van der Waals surface area contributed by atoms with Gasteiger partial charge in [0.1, 0.15) is 6.29 Å². The Morgan fingerprint density at radius 3 is 2.50 bits per heavy atom. The van der Waals surface area contributed by atoms with E-state index in [1.54, 1.807) is 6.92 Å². The Hall–Kier alpha value is -0.860. The maximum absolute atomic E-state index is 11.2. The predicted molar refractivity (Wildman–Crippen MR) is 43.5 cm³/mol. The third-order valence-electron chi connectivity index (χ3n) is 2.60. The topological polar surface area (TPSA) is 43.4 Å². The number of carbonyl (C=O) groups is 2. The summed E-state index contributed by atoms with van der Waals surface area (Å²) >= 11 is 0. The predicted octanol–water partition coefficient (Wildman–Crippen LogP) is 1.02. The van der Waals surface area contributed by atoms with Gasteiger partial charge in [-0.1, -0.05) is 13.8 Å². The molecular formula is C9H14O3. The van der Waals surface area contributed by atoms with E-state index >= 15 is 0 Å². The van der Waals surface area contributed by atoms with Crippen LogP contribution in [-0.4, -0.2) is 18.9 Å². The van der Waals surface area contributed by atoms with Crippen LogP contribution in [0.4, 0.5) is 0 Å². The Labute approximate surface area is 72.1 Å². The number of aldehydes is 1. The van der Waals surface area contributed by atoms with Gasteiger partial charge in [-0.25, -0.2) is 0 Å². The van der Waals surface area contributed by atoms with Crippen LogP contribution in [0.25, 0.3) is 0 Å². The first-order chi connectivity index (χ1) is 5.55. The molecule has 0 unspecified atom stereocenters. The quantitative estimate of drug-likeness (QED) is 0.469. The summed E-state index contributed by atoms with van der Waals surface area (Å²) in [5.74, 6) is -0.592. The van der Waals surface area contributed by atoms with Gasteiger partial charge in [-0.3, -0.25) is 4.79 Å². The minimum absolute atomic E-state index is 0.142. The summed E-state index contributed by atoms with van der Waals surface area (Å²) in [6.07, 6.45) is 0.849. The third kappa shape index (κ3) is 1.24. The van der Waals surface area contributed by atoms with Crippen molar-refractivity contribution < 1.29 is 14.3 Å². The van der Waals surface area contributed by atoms with Crippen molar-refractivity contribution in [1.29, 1.82) is 0 Å². The Morgan fingerprint density at radius 1 is 1.58 bits per heavy atom. The third-order valence-corrected chi connectivity index (χ3v) is 2.60. The summed E-state index contributed by atoms with van der Waals surface area (Å²) < 4.78 is 4.84. The van der Waals surface area contributed by atoms with E-state index in [9.17, 15) is 9.59 Å². The highest BCUT2D eigenvalue weighted by Gasteiger charge is 2.62. The van der Waals surface area contributed by atoms with Crippen LogP contribution < -0.4 is 0 Å². The number of hydrogen-bond acceptors (Lipinski definition) is 3. The number of esters is 1. The summed E-state index contributed by atoms with van der Waals surface area (Å²) in [5.41, 5.74) is -0.187. The fraction of sp³-hybridized carbons (Fsp3) is 0.778. The van der Waals surface area contributed by atoms with Gasteiger partial charge in [-0.15, -0.1) is 0 Å². The van der Waals surface area contributed by atoms with Crippen molar-refractivity contribution >= 4 is 12.3 Å². The van der Waals surface area contributed by atoms with Gasteiger partial charge in [-0.05, 0) is 12.3 Å². The molecule has 0 heterocycles. The number of carbonyl (C=O) groups excluding carboxylic acids is 2. The second-order valence-corrected chi connectivity index (χ2v) is 3.71. The molecule has 0 radical (unpaired) electrons. The van der Waals surface area contributed by atoms with Crippen LogP contribution in [-0.2, 0) is 14.3 Å². The number of ether oxygens (including phenoxy) is 1. The molecule has 0 amide bonds. The first-order valence-corrected chi connectivity index (χ1v) is 4.17. The van der Waals surface area contributed by atoms with Crippen LogP contribution in [0.2, 0.25) is 0 Å². The smallest absolute Gasteiger partial charge is 0.310 e. The molecule has 0 spiro atoms. The Kier molecular flexibility index (Phi) is 2.22. The SMILES string of the molecule is CCOC(=O)[C@H]1[C@H](C=O)C1(C)C. The molecular weight excluding hydrogens is 156 g/mol. The van der Waals surface area contributed by atoms with E-state index in [0.717, 1.165) is 6.29 Å². The van der Waals surface area contributed by atoms with E-state index in [4.69, 9.17) is 4.74 Å². The molecule has 0 saturated heterocycles. The van der Waals surface area contributed by atoms with E-state index in [1.807, 2.05) is 13.8 Å². The minimum atomic E-state index is -0.236. The summed E-state index contributed by atoms with van der Waals surface area (Å²) in [7, 11) is 0. The van der Waals surface area contributed by atoms with Crippen molar-refractivity contribution in [2.24, 2.45) is 17.3 Å². The Morgan fingerprint density at radius 2 is 2.17 bits per heavy atom. The van der Waals surface area contributed by atoms with Crippen LogP contribution in [0.15, 0.2) is 0 Å². The summed E-state index contributed by atoms with van der Waals surface area (Å²) in [4.78, 5) is 21.7. The highest BCUT2D eigenvalue weighted by Crippen LogP contribution is 2.57. The van der Waals surface area contributed by atoms with Gasteiger partial charge in [0, 0.05) is 5.92 Å². The van der Waals surface area contributed by atoms with E-state index in [1.165, 1.54) is 0 Å². The molecule has 68 valence electrons. The first kappa shape index (κ1) is 9.23. The van der Waals surface area contributed by atoms with Crippen molar-refractivity contribution in [3.8, 4) is 0 Å². The molecule has 1 rings (SSSR count). The molecule has 0 aromatic carbocycles. The lowest BCUT2D eigenvalue weighted by Crippen LogP contribution is -2.10. The number of rotatable bonds is 3. The molecule has 3 heteroatoms. The van der Waals surface area contributed by atoms with Gasteiger partial charge in [0.25, 0.3) is 0 Å². The molecule has 1 aliphatic carbocycles. The summed E-state index contributed by atoms with van der Waals surface area (Å²) in [6, 6.07) is 0. The molecule has 12 heavy (non-hydrogen) atoms. The van der Waals surface area contributed by atoms with Crippen molar-refractivity contribution in [3.05, 3.63) is 0 Å². The minimum Gasteiger partial charge on any atom is -0.466 e. The second-order valence-electron chi connectivity index (χ2n) is 3.71. The zero-order valence-electron chi connectivity index (χ0n) is 7.66. The fourth-order valence-electron chi connectivity index (χ4n) is 1.61. The molecule has 1 saturated carbocycles. The zero-order valence-corrected chi connectivity index (χ0v) is 7.66. The summed E-state index contributed by atoms with van der Waals surface area (Å²) in [5, 5.41) is 0. The Balaban J connectivity index is 2.57. The summed E-state index contributed by atoms with van der Waals surface area (Å²) in [6.45, 7) is 5.97. The van der Waals surface area contributed by atoms with Crippen LogP contribution in [0, 0.1) is 17.3 Å². The second kappa shape index (κ2) is 2.88. The molecule has 1 fully saturated rings. The van der Waals surface area contributed by atoms with Gasteiger partial charge in [0.2, 0.25) is 0 Å². The lowest BCUT2D eigenvalue weighted by atomic mass is 10.1. The van der Waals surface area contributed by atoms with Crippen molar-refractivity contribution in [1.82, 2.24) is 0 Å². The average Bonchev–Trinajstić information content (AvgIpc) is 2.53. The van der Waals surface area contributed by atoms with Gasteiger partial charge in [0.05, 0.1) is 12.5 Å². The lowest BCUT2D eigenvalue weighted by Gasteiger charge is -2.01. The molecule has 0 N–H and O–H groups in total. The molecule has 0 aliphatic heterocycles. The molecule has 0 aromatic rings. The number of hydrogen-bond donors (Lipinski definition) is 0. The van der Waals surface area contributed by atoms with Crippen LogP contribution in [0.3, 0.4) is 0 Å². The van der Waals surface area contributed by atoms with E-state index in [2.05, 4.69) is 0 Å². The molecule has 0 bridgehead atoms. The highest BCUT2D eigenvalue weighted by molar-refractivity contribution is 5.84. The molecule has 3 nitrogen and oxygen atoms in total. The largest absolute Gasteiger partial charge is 0.466 e. The molecule has 2 atom stereocenters. The van der Waals surface area contributed by atoms with Crippen molar-refractivity contribution in [2.45, 2.75) is 20.8 Å². The molecule has 0 aromatic heterocycles. The maximum atomic E-state index is 11.2. The molecule has 1 aliphatic rings. The van der Waals surface area contributed by atoms with Gasteiger partial charge in [-0.2, -0.15) is 0 Å². The highest BCUT2D eigenvalue weighted by atomic mass is 16.5. The van der Waals surface area contributed by atoms with Crippen LogP contribution in [0.1, 0.15) is 20.8 Å². The lowest BCUT2D eigenvalue weighted by molar-refractivity contribution is -0.146. The van der Waals surface area contributed by atoms with E-state index < -0.39 is 0 Å². The average molecular weight is 170 g/mol. The fourth-order valence-corrected chi connectivity index (χ4v) is 1.61. The first-order valence-electron chi connectivity index (χ1n) is 4.17. The van der Waals surface area contributed by atoms with Crippen LogP contribution >= 0.6 is 0 Å². The van der Waals surface area contributed by atoms with Crippen molar-refractivity contribution in [2.75, 3.05) is 6.61 Å².